The van der Waals surface area contributed by atoms with Crippen LogP contribution in [0.4, 0.5) is 0 Å². The molecule has 0 aromatic heterocycles. The molecule has 0 aliphatic rings. The number of hydroxylamine groups is 1. The maximum absolute atomic E-state index is 12.2. The summed E-state index contributed by atoms with van der Waals surface area (Å²) in [6, 6.07) is 11.2. The lowest BCUT2D eigenvalue weighted by Crippen LogP contribution is -2.32. The van der Waals surface area contributed by atoms with Gasteiger partial charge in [-0.05, 0) is 60.1 Å². The normalized spacial score (nSPS) is 12.7. The van der Waals surface area contributed by atoms with Crippen LogP contribution in [-0.2, 0) is 10.2 Å². The second kappa shape index (κ2) is 11.6. The monoisotopic (exact) mass is 486 g/mol. The fourth-order valence-electron chi connectivity index (χ4n) is 4.08. The molecule has 1 unspecified atom stereocenters. The van der Waals surface area contributed by atoms with Gasteiger partial charge < -0.3 is 20.3 Å². The van der Waals surface area contributed by atoms with Gasteiger partial charge in [0.1, 0.15) is 18.1 Å². The SMILES string of the molecule is CCC(CC)(c1ccc(OCC(O)C(C)(C)C)c(C)c1)c1ccc(OCC(=O)NO)c(C(N)=O)c1. The van der Waals surface area contributed by atoms with Crippen molar-refractivity contribution in [1.82, 2.24) is 5.48 Å². The first kappa shape index (κ1) is 28.1. The summed E-state index contributed by atoms with van der Waals surface area (Å²) in [5, 5.41) is 19.0. The lowest BCUT2D eigenvalue weighted by atomic mass is 9.70. The van der Waals surface area contributed by atoms with Crippen LogP contribution in [0.25, 0.3) is 0 Å². The standard InChI is InChI=1S/C27H38N2O6/c1-7-27(8-2,18-9-11-21(17(3)13-18)34-15-23(30)26(4,5)6)19-10-12-22(20(14-19)25(28)32)35-16-24(31)29-33/h9-14,23,30,33H,7-8,15-16H2,1-6H3,(H2,28,32)(H,29,31). The smallest absolute Gasteiger partial charge is 0.281 e. The number of nitrogens with two attached hydrogens (primary N) is 1. The molecule has 0 aliphatic carbocycles. The third-order valence-corrected chi connectivity index (χ3v) is 6.61. The van der Waals surface area contributed by atoms with Crippen LogP contribution in [0, 0.1) is 12.3 Å². The number of aliphatic hydroxyl groups excluding tert-OH is 1. The molecular weight excluding hydrogens is 448 g/mol. The van der Waals surface area contributed by atoms with Crippen LogP contribution in [0.15, 0.2) is 36.4 Å². The number of carbonyl (C=O) groups excluding carboxylic acids is 2. The predicted octanol–water partition coefficient (Wildman–Crippen LogP) is 3.87. The van der Waals surface area contributed by atoms with E-state index in [-0.39, 0.29) is 23.3 Å². The first-order chi connectivity index (χ1) is 16.4. The Morgan fingerprint density at radius 1 is 1.00 bits per heavy atom. The van der Waals surface area contributed by atoms with Crippen LogP contribution in [-0.4, -0.2) is 41.4 Å². The van der Waals surface area contributed by atoms with Crippen molar-refractivity contribution in [3.05, 3.63) is 58.7 Å². The van der Waals surface area contributed by atoms with Crippen LogP contribution in [0.3, 0.4) is 0 Å². The number of rotatable bonds is 11. The van der Waals surface area contributed by atoms with Gasteiger partial charge in [0.15, 0.2) is 6.61 Å². The Morgan fingerprint density at radius 2 is 1.57 bits per heavy atom. The Balaban J connectivity index is 2.43. The zero-order valence-electron chi connectivity index (χ0n) is 21.5. The molecule has 2 amide bonds. The average Bonchev–Trinajstić information content (AvgIpc) is 2.82. The molecular formula is C27H38N2O6. The summed E-state index contributed by atoms with van der Waals surface area (Å²) in [6.07, 6.45) is 0.928. The Hall–Kier alpha value is -3.10. The molecule has 2 aromatic carbocycles. The van der Waals surface area contributed by atoms with Crippen molar-refractivity contribution in [3.8, 4) is 11.5 Å². The van der Waals surface area contributed by atoms with Crippen LogP contribution in [0.1, 0.15) is 74.5 Å². The van der Waals surface area contributed by atoms with Gasteiger partial charge in [-0.15, -0.1) is 0 Å². The van der Waals surface area contributed by atoms with Crippen molar-refractivity contribution in [2.45, 2.75) is 65.9 Å². The number of nitrogens with one attached hydrogen (secondary N) is 1. The van der Waals surface area contributed by atoms with E-state index in [2.05, 4.69) is 19.9 Å². The molecule has 0 saturated carbocycles. The molecule has 0 fully saturated rings. The van der Waals surface area contributed by atoms with E-state index in [4.69, 9.17) is 20.4 Å². The number of aryl methyl sites for hydroxylation is 1. The van der Waals surface area contributed by atoms with E-state index in [9.17, 15) is 14.7 Å². The predicted molar refractivity (Wildman–Crippen MR) is 134 cm³/mol. The summed E-state index contributed by atoms with van der Waals surface area (Å²) in [5.74, 6) is -0.538. The minimum atomic E-state index is -0.742. The van der Waals surface area contributed by atoms with Gasteiger partial charge in [-0.2, -0.15) is 0 Å². The maximum atomic E-state index is 12.2. The van der Waals surface area contributed by atoms with Crippen molar-refractivity contribution in [2.75, 3.05) is 13.2 Å². The molecule has 8 heteroatoms. The summed E-state index contributed by atoms with van der Waals surface area (Å²) < 4.78 is 11.3. The molecule has 0 saturated heterocycles. The highest BCUT2D eigenvalue weighted by Crippen LogP contribution is 2.41. The zero-order valence-corrected chi connectivity index (χ0v) is 21.5. The van der Waals surface area contributed by atoms with Crippen molar-refractivity contribution < 1.29 is 29.4 Å². The number of primary amides is 1. The van der Waals surface area contributed by atoms with Gasteiger partial charge >= 0.3 is 0 Å². The van der Waals surface area contributed by atoms with Gasteiger partial charge in [-0.3, -0.25) is 14.8 Å². The van der Waals surface area contributed by atoms with Gasteiger partial charge in [-0.1, -0.05) is 52.8 Å². The van der Waals surface area contributed by atoms with Crippen molar-refractivity contribution in [2.24, 2.45) is 11.1 Å². The third-order valence-electron chi connectivity index (χ3n) is 6.61. The molecule has 1 atom stereocenters. The maximum Gasteiger partial charge on any atom is 0.281 e. The molecule has 0 heterocycles. The molecule has 2 rings (SSSR count). The molecule has 0 aliphatic heterocycles. The molecule has 0 spiro atoms. The van der Waals surface area contributed by atoms with Gasteiger partial charge in [-0.25, -0.2) is 5.48 Å². The molecule has 192 valence electrons. The lowest BCUT2D eigenvalue weighted by molar-refractivity contribution is -0.131. The van der Waals surface area contributed by atoms with E-state index in [1.54, 1.807) is 12.1 Å². The Kier molecular flexibility index (Phi) is 9.29. The van der Waals surface area contributed by atoms with Crippen molar-refractivity contribution in [1.29, 1.82) is 0 Å². The van der Waals surface area contributed by atoms with Crippen molar-refractivity contribution in [3.63, 3.8) is 0 Å². The minimum absolute atomic E-state index is 0.160. The van der Waals surface area contributed by atoms with Crippen LogP contribution < -0.4 is 20.7 Å². The second-order valence-electron chi connectivity index (χ2n) is 9.86. The van der Waals surface area contributed by atoms with Gasteiger partial charge in [0.25, 0.3) is 11.8 Å². The Morgan fingerprint density at radius 3 is 2.06 bits per heavy atom. The zero-order chi connectivity index (χ0) is 26.4. The third kappa shape index (κ3) is 6.52. The summed E-state index contributed by atoms with van der Waals surface area (Å²) in [7, 11) is 0. The number of hydrogen-bond donors (Lipinski definition) is 4. The number of ether oxygens (including phenoxy) is 2. The summed E-state index contributed by atoms with van der Waals surface area (Å²) in [6.45, 7) is 11.8. The summed E-state index contributed by atoms with van der Waals surface area (Å²) in [4.78, 5) is 23.5. The van der Waals surface area contributed by atoms with E-state index >= 15 is 0 Å². The number of aliphatic hydroxyl groups is 1. The number of hydrogen-bond acceptors (Lipinski definition) is 6. The largest absolute Gasteiger partial charge is 0.491 e. The van der Waals surface area contributed by atoms with E-state index in [1.807, 2.05) is 45.9 Å². The summed E-state index contributed by atoms with van der Waals surface area (Å²) in [5.41, 5.74) is 9.48. The number of amides is 2. The molecule has 35 heavy (non-hydrogen) atoms. The molecule has 2 aromatic rings. The molecule has 0 radical (unpaired) electrons. The topological polar surface area (TPSA) is 131 Å². The van der Waals surface area contributed by atoms with Gasteiger partial charge in [0.2, 0.25) is 0 Å². The van der Waals surface area contributed by atoms with E-state index < -0.39 is 29.9 Å². The van der Waals surface area contributed by atoms with E-state index in [1.165, 1.54) is 5.48 Å². The second-order valence-corrected chi connectivity index (χ2v) is 9.86. The number of benzene rings is 2. The quantitative estimate of drug-likeness (QED) is 0.282. The molecule has 5 N–H and O–H groups in total. The average molecular weight is 487 g/mol. The van der Waals surface area contributed by atoms with Crippen LogP contribution >= 0.6 is 0 Å². The fourth-order valence-corrected chi connectivity index (χ4v) is 4.08. The van der Waals surface area contributed by atoms with Gasteiger partial charge in [0.05, 0.1) is 11.7 Å². The first-order valence-electron chi connectivity index (χ1n) is 11.8. The van der Waals surface area contributed by atoms with Crippen LogP contribution in [0.5, 0.6) is 11.5 Å². The lowest BCUT2D eigenvalue weighted by Gasteiger charge is -2.34. The van der Waals surface area contributed by atoms with E-state index in [0.29, 0.717) is 5.75 Å². The molecule has 0 bridgehead atoms. The molecule has 8 nitrogen and oxygen atoms in total. The van der Waals surface area contributed by atoms with Crippen LogP contribution in [0.2, 0.25) is 0 Å². The minimum Gasteiger partial charge on any atom is -0.491 e. The first-order valence-corrected chi connectivity index (χ1v) is 11.8. The fraction of sp³-hybridized carbons (Fsp3) is 0.481. The highest BCUT2D eigenvalue weighted by atomic mass is 16.5. The number of carbonyl (C=O) groups is 2. The van der Waals surface area contributed by atoms with E-state index in [0.717, 1.165) is 29.5 Å². The highest BCUT2D eigenvalue weighted by molar-refractivity contribution is 5.96. The van der Waals surface area contributed by atoms with Gasteiger partial charge in [0, 0.05) is 5.41 Å². The summed E-state index contributed by atoms with van der Waals surface area (Å²) >= 11 is 0. The Bertz CT molecular complexity index is 1040. The Labute approximate surface area is 207 Å². The highest BCUT2D eigenvalue weighted by Gasteiger charge is 2.32. The van der Waals surface area contributed by atoms with Crippen molar-refractivity contribution >= 4 is 11.8 Å².